The molecule has 5 nitrogen and oxygen atoms in total. The Balaban J connectivity index is 2.24. The smallest absolute Gasteiger partial charge is 0.258 e. The topological polar surface area (TPSA) is 67.2 Å². The Morgan fingerprint density at radius 3 is 2.86 bits per heavy atom. The average Bonchev–Trinajstić information content (AvgIpc) is 2.77. The molecule has 0 saturated heterocycles. The van der Waals surface area contributed by atoms with E-state index in [0.717, 1.165) is 5.69 Å². The van der Waals surface area contributed by atoms with Crippen molar-refractivity contribution in [3.8, 4) is 11.8 Å². The summed E-state index contributed by atoms with van der Waals surface area (Å²) in [5, 5.41) is 15.8. The lowest BCUT2D eigenvalue weighted by molar-refractivity contribution is 0.102. The van der Waals surface area contributed by atoms with Crippen molar-refractivity contribution in [2.24, 2.45) is 7.05 Å². The summed E-state index contributed by atoms with van der Waals surface area (Å²) in [6.07, 6.45) is 0.386. The van der Waals surface area contributed by atoms with Gasteiger partial charge in [-0.1, -0.05) is 24.0 Å². The van der Waals surface area contributed by atoms with E-state index < -0.39 is 0 Å². The number of carbonyl (C=O) groups excluding carboxylic acids is 1. The summed E-state index contributed by atoms with van der Waals surface area (Å²) in [6, 6.07) is 8.93. The second kappa shape index (κ2) is 6.73. The molecule has 0 atom stereocenters. The van der Waals surface area contributed by atoms with Crippen LogP contribution in [-0.2, 0) is 7.05 Å². The molecule has 0 radical (unpaired) electrons. The molecule has 108 valence electrons. The maximum absolute atomic E-state index is 12.4. The van der Waals surface area contributed by atoms with Gasteiger partial charge in [-0.25, -0.2) is 0 Å². The highest BCUT2D eigenvalue weighted by Gasteiger charge is 2.12. The molecule has 1 heterocycles. The van der Waals surface area contributed by atoms with Crippen LogP contribution in [0.5, 0.6) is 0 Å². The summed E-state index contributed by atoms with van der Waals surface area (Å²) in [5.41, 5.74) is 1.98. The van der Waals surface area contributed by atoms with Crippen molar-refractivity contribution in [3.63, 3.8) is 0 Å². The maximum atomic E-state index is 12.4. The summed E-state index contributed by atoms with van der Waals surface area (Å²) in [6.45, 7) is 1.87. The third kappa shape index (κ3) is 3.71. The summed E-state index contributed by atoms with van der Waals surface area (Å²) in [7, 11) is 1.77. The van der Waals surface area contributed by atoms with Crippen LogP contribution in [0.4, 0.5) is 5.82 Å². The zero-order valence-corrected chi connectivity index (χ0v) is 12.1. The van der Waals surface area contributed by atoms with Gasteiger partial charge < -0.3 is 10.4 Å². The van der Waals surface area contributed by atoms with Crippen molar-refractivity contribution in [2.45, 2.75) is 13.3 Å². The number of aliphatic hydroxyl groups is 1. The Morgan fingerprint density at radius 1 is 1.43 bits per heavy atom. The molecule has 2 rings (SSSR count). The van der Waals surface area contributed by atoms with Gasteiger partial charge in [0.15, 0.2) is 0 Å². The standard InChI is InChI=1S/C16H17N3O2/c1-12-11-15(19(2)18-12)17-16(21)14-9-4-3-7-13(14)8-5-6-10-20/h3-4,7,9,11,20H,6,10H2,1-2H3,(H,17,21). The average molecular weight is 283 g/mol. The van der Waals surface area contributed by atoms with Gasteiger partial charge in [0.2, 0.25) is 0 Å². The Labute approximate surface area is 123 Å². The SMILES string of the molecule is Cc1cc(NC(=O)c2ccccc2C#CCCO)n(C)n1. The molecule has 1 amide bonds. The number of carbonyl (C=O) groups is 1. The lowest BCUT2D eigenvalue weighted by atomic mass is 10.1. The normalized spacial score (nSPS) is 9.86. The molecule has 0 aliphatic carbocycles. The van der Waals surface area contributed by atoms with Gasteiger partial charge in [-0.2, -0.15) is 5.10 Å². The number of anilines is 1. The van der Waals surface area contributed by atoms with E-state index >= 15 is 0 Å². The Bertz CT molecular complexity index is 708. The van der Waals surface area contributed by atoms with Gasteiger partial charge >= 0.3 is 0 Å². The highest BCUT2D eigenvalue weighted by atomic mass is 16.2. The van der Waals surface area contributed by atoms with E-state index in [1.54, 1.807) is 36.0 Å². The van der Waals surface area contributed by atoms with E-state index in [0.29, 0.717) is 23.4 Å². The highest BCUT2D eigenvalue weighted by Crippen LogP contribution is 2.13. The van der Waals surface area contributed by atoms with Crippen molar-refractivity contribution in [1.82, 2.24) is 9.78 Å². The largest absolute Gasteiger partial charge is 0.395 e. The number of hydrogen-bond donors (Lipinski definition) is 2. The molecule has 0 aliphatic rings. The molecule has 0 bridgehead atoms. The lowest BCUT2D eigenvalue weighted by Crippen LogP contribution is -2.15. The number of benzene rings is 1. The summed E-state index contributed by atoms with van der Waals surface area (Å²) in [4.78, 5) is 12.4. The molecule has 0 aliphatic heterocycles. The maximum Gasteiger partial charge on any atom is 0.258 e. The minimum Gasteiger partial charge on any atom is -0.395 e. The van der Waals surface area contributed by atoms with Crippen LogP contribution in [0.1, 0.15) is 28.0 Å². The van der Waals surface area contributed by atoms with E-state index in [-0.39, 0.29) is 12.5 Å². The fourth-order valence-corrected chi connectivity index (χ4v) is 1.92. The first-order valence-corrected chi connectivity index (χ1v) is 6.62. The molecule has 21 heavy (non-hydrogen) atoms. The number of nitrogens with one attached hydrogen (secondary N) is 1. The van der Waals surface area contributed by atoms with Crippen molar-refractivity contribution in [1.29, 1.82) is 0 Å². The van der Waals surface area contributed by atoms with Crippen LogP contribution in [0.3, 0.4) is 0 Å². The number of amides is 1. The predicted molar refractivity (Wildman–Crippen MR) is 80.9 cm³/mol. The van der Waals surface area contributed by atoms with Crippen LogP contribution in [0, 0.1) is 18.8 Å². The first-order valence-electron chi connectivity index (χ1n) is 6.62. The van der Waals surface area contributed by atoms with Gasteiger partial charge in [0.1, 0.15) is 5.82 Å². The van der Waals surface area contributed by atoms with Gasteiger partial charge in [-0.05, 0) is 19.1 Å². The van der Waals surface area contributed by atoms with E-state index in [1.165, 1.54) is 0 Å². The van der Waals surface area contributed by atoms with Crippen LogP contribution in [0.25, 0.3) is 0 Å². The zero-order valence-electron chi connectivity index (χ0n) is 12.1. The Hall–Kier alpha value is -2.58. The molecule has 1 aromatic carbocycles. The lowest BCUT2D eigenvalue weighted by Gasteiger charge is -2.06. The number of hydrogen-bond acceptors (Lipinski definition) is 3. The van der Waals surface area contributed by atoms with Crippen LogP contribution in [0.2, 0.25) is 0 Å². The molecule has 0 saturated carbocycles. The van der Waals surface area contributed by atoms with E-state index in [1.807, 2.05) is 13.0 Å². The van der Waals surface area contributed by atoms with Gasteiger partial charge in [0.25, 0.3) is 5.91 Å². The van der Waals surface area contributed by atoms with Crippen molar-refractivity contribution in [2.75, 3.05) is 11.9 Å². The van der Waals surface area contributed by atoms with E-state index in [4.69, 9.17) is 5.11 Å². The van der Waals surface area contributed by atoms with E-state index in [9.17, 15) is 4.79 Å². The third-order valence-electron chi connectivity index (χ3n) is 2.88. The fraction of sp³-hybridized carbons (Fsp3) is 0.250. The number of rotatable bonds is 3. The van der Waals surface area contributed by atoms with Crippen molar-refractivity contribution < 1.29 is 9.90 Å². The summed E-state index contributed by atoms with van der Waals surface area (Å²) >= 11 is 0. The highest BCUT2D eigenvalue weighted by molar-refractivity contribution is 6.05. The first-order chi connectivity index (χ1) is 10.1. The van der Waals surface area contributed by atoms with Crippen LogP contribution in [0.15, 0.2) is 30.3 Å². The number of aliphatic hydroxyl groups excluding tert-OH is 1. The van der Waals surface area contributed by atoms with Gasteiger partial charge in [-0.3, -0.25) is 9.48 Å². The second-order valence-corrected chi connectivity index (χ2v) is 4.57. The number of nitrogens with zero attached hydrogens (tertiary/aromatic N) is 2. The quantitative estimate of drug-likeness (QED) is 0.843. The Morgan fingerprint density at radius 2 is 2.19 bits per heavy atom. The van der Waals surface area contributed by atoms with Crippen molar-refractivity contribution in [3.05, 3.63) is 47.2 Å². The number of aryl methyl sites for hydroxylation is 2. The minimum atomic E-state index is -0.230. The monoisotopic (exact) mass is 283 g/mol. The molecule has 1 aromatic heterocycles. The van der Waals surface area contributed by atoms with Gasteiger partial charge in [0, 0.05) is 25.1 Å². The fourth-order valence-electron chi connectivity index (χ4n) is 1.92. The molecule has 0 fully saturated rings. The molecule has 0 unspecified atom stereocenters. The van der Waals surface area contributed by atoms with Gasteiger partial charge in [-0.15, -0.1) is 0 Å². The predicted octanol–water partition coefficient (Wildman–Crippen LogP) is 1.71. The third-order valence-corrected chi connectivity index (χ3v) is 2.88. The molecule has 2 aromatic rings. The van der Waals surface area contributed by atoms with Crippen LogP contribution >= 0.6 is 0 Å². The van der Waals surface area contributed by atoms with E-state index in [2.05, 4.69) is 22.3 Å². The first kappa shape index (κ1) is 14.8. The zero-order chi connectivity index (χ0) is 15.2. The Kier molecular flexibility index (Phi) is 4.75. The molecule has 0 spiro atoms. The second-order valence-electron chi connectivity index (χ2n) is 4.57. The van der Waals surface area contributed by atoms with Crippen LogP contribution < -0.4 is 5.32 Å². The molecular weight excluding hydrogens is 266 g/mol. The number of aromatic nitrogens is 2. The van der Waals surface area contributed by atoms with Gasteiger partial charge in [0.05, 0.1) is 17.9 Å². The summed E-state index contributed by atoms with van der Waals surface area (Å²) in [5.74, 6) is 6.14. The van der Waals surface area contributed by atoms with Crippen LogP contribution in [-0.4, -0.2) is 27.4 Å². The molecule has 2 N–H and O–H groups in total. The summed E-state index contributed by atoms with van der Waals surface area (Å²) < 4.78 is 1.62. The minimum absolute atomic E-state index is 0.00958. The van der Waals surface area contributed by atoms with Crippen molar-refractivity contribution >= 4 is 11.7 Å². The molecular formula is C16H17N3O2. The molecule has 5 heteroatoms.